The molecule has 0 unspecified atom stereocenters. The number of thiophene rings is 1. The van der Waals surface area contributed by atoms with E-state index in [-0.39, 0.29) is 11.4 Å². The van der Waals surface area contributed by atoms with Crippen LogP contribution in [0.15, 0.2) is 39.4 Å². The van der Waals surface area contributed by atoms with Crippen LogP contribution in [-0.4, -0.2) is 16.1 Å². The number of benzene rings is 1. The molecule has 2 rings (SSSR count). The van der Waals surface area contributed by atoms with E-state index in [2.05, 4.69) is 0 Å². The molecule has 0 radical (unpaired) electrons. The Hall–Kier alpha value is -2.26. The van der Waals surface area contributed by atoms with Crippen LogP contribution in [0.25, 0.3) is 0 Å². The monoisotopic (exact) mass is 310 g/mol. The summed E-state index contributed by atoms with van der Waals surface area (Å²) in [6.45, 7) is 0. The molecular weight excluding hydrogens is 304 g/mol. The molecule has 7 nitrogen and oxygen atoms in total. The van der Waals surface area contributed by atoms with E-state index in [1.807, 2.05) is 0 Å². The number of carbonyl (C=O) groups excluding carboxylic acids is 1. The summed E-state index contributed by atoms with van der Waals surface area (Å²) >= 11 is 2.29. The van der Waals surface area contributed by atoms with Gasteiger partial charge in [0, 0.05) is 6.07 Å². The summed E-state index contributed by atoms with van der Waals surface area (Å²) in [5.74, 6) is 0. The summed E-state index contributed by atoms with van der Waals surface area (Å²) < 4.78 is 0.698. The average Bonchev–Trinajstić information content (AvgIpc) is 2.86. The van der Waals surface area contributed by atoms with E-state index in [9.17, 15) is 25.0 Å². The maximum Gasteiger partial charge on any atom is 0.290 e. The van der Waals surface area contributed by atoms with Crippen LogP contribution in [0, 0.1) is 20.2 Å². The van der Waals surface area contributed by atoms with Gasteiger partial charge in [0.15, 0.2) is 6.29 Å². The van der Waals surface area contributed by atoms with E-state index in [0.717, 1.165) is 17.8 Å². The Morgan fingerprint density at radius 3 is 2.40 bits per heavy atom. The van der Waals surface area contributed by atoms with Crippen molar-refractivity contribution in [1.82, 2.24) is 0 Å². The van der Waals surface area contributed by atoms with Crippen LogP contribution in [0.2, 0.25) is 0 Å². The Balaban J connectivity index is 2.37. The lowest BCUT2D eigenvalue weighted by Gasteiger charge is -2.00. The quantitative estimate of drug-likeness (QED) is 0.475. The molecular formula is C11H6N2O5S2. The number of nitro benzene ring substituents is 2. The van der Waals surface area contributed by atoms with Crippen molar-refractivity contribution in [2.24, 2.45) is 0 Å². The van der Waals surface area contributed by atoms with Crippen molar-refractivity contribution in [2.75, 3.05) is 0 Å². The first-order chi connectivity index (χ1) is 9.51. The molecule has 20 heavy (non-hydrogen) atoms. The van der Waals surface area contributed by atoms with E-state index in [0.29, 0.717) is 20.3 Å². The van der Waals surface area contributed by atoms with Crippen LogP contribution in [0.5, 0.6) is 0 Å². The van der Waals surface area contributed by atoms with Gasteiger partial charge in [-0.1, -0.05) is 11.8 Å². The predicted molar refractivity (Wildman–Crippen MR) is 73.6 cm³/mol. The number of nitrogens with zero attached hydrogens (tertiary/aromatic N) is 2. The van der Waals surface area contributed by atoms with Gasteiger partial charge in [0.25, 0.3) is 11.4 Å². The summed E-state index contributed by atoms with van der Waals surface area (Å²) in [6.07, 6.45) is 0.693. The minimum atomic E-state index is -0.683. The van der Waals surface area contributed by atoms with E-state index in [4.69, 9.17) is 0 Å². The van der Waals surface area contributed by atoms with Crippen molar-refractivity contribution in [3.05, 3.63) is 55.4 Å². The second kappa shape index (κ2) is 5.80. The van der Waals surface area contributed by atoms with Gasteiger partial charge >= 0.3 is 0 Å². The van der Waals surface area contributed by atoms with Gasteiger partial charge < -0.3 is 0 Å². The molecule has 0 N–H and O–H groups in total. The van der Waals surface area contributed by atoms with Crippen molar-refractivity contribution in [1.29, 1.82) is 0 Å². The summed E-state index contributed by atoms with van der Waals surface area (Å²) in [4.78, 5) is 31.6. The lowest BCUT2D eigenvalue weighted by Crippen LogP contribution is -1.94. The van der Waals surface area contributed by atoms with Crippen LogP contribution < -0.4 is 0 Å². The fraction of sp³-hybridized carbons (Fsp3) is 0. The molecule has 0 fully saturated rings. The molecule has 0 aliphatic heterocycles. The first-order valence-electron chi connectivity index (χ1n) is 5.17. The van der Waals surface area contributed by atoms with Gasteiger partial charge in [0.05, 0.1) is 29.9 Å². The van der Waals surface area contributed by atoms with Crippen LogP contribution in [0.4, 0.5) is 11.4 Å². The van der Waals surface area contributed by atoms with Gasteiger partial charge in [-0.25, -0.2) is 0 Å². The molecule has 1 aromatic heterocycles. The second-order valence-corrected chi connectivity index (χ2v) is 6.00. The minimum Gasteiger partial charge on any atom is -0.297 e. The van der Waals surface area contributed by atoms with Crippen LogP contribution >= 0.6 is 23.1 Å². The lowest BCUT2D eigenvalue weighted by atomic mass is 10.3. The summed E-state index contributed by atoms with van der Waals surface area (Å²) in [7, 11) is 0. The first-order valence-corrected chi connectivity index (χ1v) is 6.80. The Morgan fingerprint density at radius 1 is 1.10 bits per heavy atom. The highest BCUT2D eigenvalue weighted by molar-refractivity contribution is 8.01. The maximum absolute atomic E-state index is 11.0. The van der Waals surface area contributed by atoms with Crippen LogP contribution in [-0.2, 0) is 0 Å². The van der Waals surface area contributed by atoms with Crippen molar-refractivity contribution >= 4 is 40.8 Å². The van der Waals surface area contributed by atoms with Gasteiger partial charge in [-0.05, 0) is 18.2 Å². The average molecular weight is 310 g/mol. The third kappa shape index (κ3) is 3.00. The number of carbonyl (C=O) groups is 1. The third-order valence-corrected chi connectivity index (χ3v) is 4.49. The van der Waals surface area contributed by atoms with Gasteiger partial charge in [-0.2, -0.15) is 0 Å². The van der Waals surface area contributed by atoms with Crippen LogP contribution in [0.3, 0.4) is 0 Å². The number of nitro groups is 2. The Morgan fingerprint density at radius 2 is 1.85 bits per heavy atom. The van der Waals surface area contributed by atoms with Crippen LogP contribution in [0.1, 0.15) is 9.67 Å². The van der Waals surface area contributed by atoms with Crippen molar-refractivity contribution in [3.63, 3.8) is 0 Å². The molecule has 0 atom stereocenters. The number of aldehydes is 1. The highest BCUT2D eigenvalue weighted by Gasteiger charge is 2.20. The first kappa shape index (κ1) is 14.2. The van der Waals surface area contributed by atoms with E-state index in [1.165, 1.54) is 23.5 Å². The SMILES string of the molecule is O=Cc1ccc(Sc2ccc([N+](=O)[O-])cc2[N+](=O)[O-])s1. The molecule has 0 saturated heterocycles. The number of hydrogen-bond donors (Lipinski definition) is 0. The highest BCUT2D eigenvalue weighted by atomic mass is 32.2. The Bertz CT molecular complexity index is 698. The Kier molecular flexibility index (Phi) is 4.11. The molecule has 0 amide bonds. The summed E-state index contributed by atoms with van der Waals surface area (Å²) in [5.41, 5.74) is -0.661. The van der Waals surface area contributed by atoms with Gasteiger partial charge in [-0.3, -0.25) is 25.0 Å². The Labute approximate surface area is 120 Å². The third-order valence-electron chi connectivity index (χ3n) is 2.28. The lowest BCUT2D eigenvalue weighted by molar-refractivity contribution is -0.396. The maximum atomic E-state index is 11.0. The molecule has 1 heterocycles. The molecule has 0 spiro atoms. The second-order valence-electron chi connectivity index (χ2n) is 3.54. The van der Waals surface area contributed by atoms with Crippen molar-refractivity contribution in [3.8, 4) is 0 Å². The molecule has 102 valence electrons. The smallest absolute Gasteiger partial charge is 0.290 e. The zero-order chi connectivity index (χ0) is 14.7. The zero-order valence-corrected chi connectivity index (χ0v) is 11.3. The van der Waals surface area contributed by atoms with E-state index < -0.39 is 9.85 Å². The molecule has 1 aromatic carbocycles. The highest BCUT2D eigenvalue weighted by Crippen LogP contribution is 2.39. The topological polar surface area (TPSA) is 103 Å². The van der Waals surface area contributed by atoms with Gasteiger partial charge in [0.1, 0.15) is 0 Å². The fourth-order valence-electron chi connectivity index (χ4n) is 1.41. The normalized spacial score (nSPS) is 10.2. The molecule has 0 aliphatic carbocycles. The molecule has 9 heteroatoms. The van der Waals surface area contributed by atoms with Crippen molar-refractivity contribution < 1.29 is 14.6 Å². The fourth-order valence-corrected chi connectivity index (χ4v) is 3.41. The van der Waals surface area contributed by atoms with Crippen molar-refractivity contribution in [2.45, 2.75) is 9.10 Å². The summed E-state index contributed by atoms with van der Waals surface area (Å²) in [6, 6.07) is 6.75. The largest absolute Gasteiger partial charge is 0.297 e. The molecule has 0 aliphatic rings. The molecule has 2 aromatic rings. The minimum absolute atomic E-state index is 0.292. The van der Waals surface area contributed by atoms with E-state index >= 15 is 0 Å². The number of rotatable bonds is 5. The molecule has 0 saturated carbocycles. The number of non-ortho nitro benzene ring substituents is 1. The zero-order valence-electron chi connectivity index (χ0n) is 9.72. The van der Waals surface area contributed by atoms with E-state index in [1.54, 1.807) is 12.1 Å². The predicted octanol–water partition coefficient (Wildman–Crippen LogP) is 3.53. The van der Waals surface area contributed by atoms with Gasteiger partial charge in [0.2, 0.25) is 0 Å². The van der Waals surface area contributed by atoms with Gasteiger partial charge in [-0.15, -0.1) is 11.3 Å². The standard InChI is InChI=1S/C11H6N2O5S2/c14-6-8-2-4-11(19-8)20-10-3-1-7(12(15)16)5-9(10)13(17)18/h1-6H. The molecule has 0 bridgehead atoms. The summed E-state index contributed by atoms with van der Waals surface area (Å²) in [5, 5.41) is 21.6. The number of hydrogen-bond acceptors (Lipinski definition) is 7.